The summed E-state index contributed by atoms with van der Waals surface area (Å²) in [5.74, 6) is -0.767. The smallest absolute Gasteiger partial charge is 0.357 e. The zero-order valence-corrected chi connectivity index (χ0v) is 33.9. The number of para-hydroxylation sites is 2. The van der Waals surface area contributed by atoms with Crippen molar-refractivity contribution >= 4 is 48.3 Å². The number of pyridine rings is 2. The first-order valence-corrected chi connectivity index (χ1v) is 18.5. The van der Waals surface area contributed by atoms with Gasteiger partial charge in [-0.05, 0) is 64.1 Å². The van der Waals surface area contributed by atoms with Crippen LogP contribution in [0, 0.1) is 0 Å². The van der Waals surface area contributed by atoms with E-state index in [-0.39, 0.29) is 55.8 Å². The number of esters is 4. The fourth-order valence-electron chi connectivity index (χ4n) is 3.84. The molecule has 0 fully saturated rings. The first-order chi connectivity index (χ1) is 27.5. The molecule has 4 aromatic rings. The summed E-state index contributed by atoms with van der Waals surface area (Å²) < 4.78 is 33.3. The number of aromatic nitrogens is 2. The van der Waals surface area contributed by atoms with Gasteiger partial charge < -0.3 is 33.8 Å². The third kappa shape index (κ3) is 20.5. The van der Waals surface area contributed by atoms with Gasteiger partial charge in [0.15, 0.2) is 22.9 Å². The number of carbonyl (C=O) groups is 4. The molecule has 0 bridgehead atoms. The Kier molecular flexibility index (Phi) is 23.7. The average molecular weight is 831 g/mol. The molecule has 19 heteroatoms. The highest BCUT2D eigenvalue weighted by Gasteiger charge is 2.21. The highest BCUT2D eigenvalue weighted by molar-refractivity contribution is 7.92. The van der Waals surface area contributed by atoms with Gasteiger partial charge in [0, 0.05) is 30.1 Å². The fraction of sp³-hybridized carbons (Fsp3) is 0.316. The molecule has 2 heterocycles. The zero-order valence-electron chi connectivity index (χ0n) is 32.2. The summed E-state index contributed by atoms with van der Waals surface area (Å²) in [6.07, 6.45) is 2.55. The van der Waals surface area contributed by atoms with E-state index in [1.165, 1.54) is 30.9 Å². The Morgan fingerprint density at radius 2 is 1.18 bits per heavy atom. The standard InChI is InChI=1S/C19H22N2O6S.C10H13NO3.C9H11NO4S/c1-14(2)25-19(23)18-15(8-7-11-20-18)12-21(13-17(22)24-3)28-27-26-16-9-5-4-6-10-16;1-7(2)14-10(13)9-8(6-12)4-3-5-11-9;1-12-9(11)7-10-15-14-13-8-5-3-2-4-6-8/h4-11,14H,12-13H2,1-3H3;3-5,7,12H,6H2,1-2H3;2-6,10H,7H2,1H3. The van der Waals surface area contributed by atoms with Crippen LogP contribution in [-0.4, -0.2) is 82.8 Å². The Hall–Kier alpha value is -5.28. The maximum absolute atomic E-state index is 12.3. The van der Waals surface area contributed by atoms with Crippen molar-refractivity contribution in [2.24, 2.45) is 0 Å². The molecule has 0 aliphatic carbocycles. The highest BCUT2D eigenvalue weighted by atomic mass is 32.2. The van der Waals surface area contributed by atoms with E-state index in [9.17, 15) is 19.2 Å². The molecule has 0 saturated carbocycles. The quantitative estimate of drug-likeness (QED) is 0.0223. The first kappa shape index (κ1) is 47.9. The minimum atomic E-state index is -0.532. The Bertz CT molecular complexity index is 1770. The molecule has 0 spiro atoms. The summed E-state index contributed by atoms with van der Waals surface area (Å²) in [6.45, 7) is 6.97. The van der Waals surface area contributed by atoms with Crippen LogP contribution in [0.3, 0.4) is 0 Å². The summed E-state index contributed by atoms with van der Waals surface area (Å²) >= 11 is 1.64. The Morgan fingerprint density at radius 1 is 0.684 bits per heavy atom. The molecule has 0 saturated heterocycles. The SMILES string of the molecule is CC(C)OC(=O)c1ncccc1CO.COC(=O)CN(Cc1cccnc1C(=O)OC(C)C)SOOc1ccccc1.COC(=O)CNSOOc1ccccc1. The molecular weight excluding hydrogens is 785 g/mol. The lowest BCUT2D eigenvalue weighted by Gasteiger charge is -2.19. The van der Waals surface area contributed by atoms with Gasteiger partial charge >= 0.3 is 23.9 Å². The topological polar surface area (TPSA) is 203 Å². The van der Waals surface area contributed by atoms with Crippen molar-refractivity contribution in [2.45, 2.75) is 53.1 Å². The summed E-state index contributed by atoms with van der Waals surface area (Å²) in [5.41, 5.74) is 1.42. The second kappa shape index (κ2) is 28.2. The Morgan fingerprint density at radius 3 is 1.67 bits per heavy atom. The van der Waals surface area contributed by atoms with Gasteiger partial charge in [0.2, 0.25) is 0 Å². The first-order valence-electron chi connectivity index (χ1n) is 17.1. The number of methoxy groups -OCH3 is 2. The molecule has 2 N–H and O–H groups in total. The molecule has 0 radical (unpaired) electrons. The van der Waals surface area contributed by atoms with Crippen molar-refractivity contribution in [3.8, 4) is 11.5 Å². The number of benzene rings is 2. The van der Waals surface area contributed by atoms with E-state index in [4.69, 9.17) is 37.8 Å². The van der Waals surface area contributed by atoms with Crippen LogP contribution in [0.15, 0.2) is 97.3 Å². The van der Waals surface area contributed by atoms with Gasteiger partial charge in [-0.1, -0.05) is 57.2 Å². The molecule has 0 atom stereocenters. The predicted octanol–water partition coefficient (Wildman–Crippen LogP) is 5.66. The molecule has 0 aliphatic heterocycles. The molecule has 57 heavy (non-hydrogen) atoms. The number of hydrogen-bond donors (Lipinski definition) is 2. The van der Waals surface area contributed by atoms with E-state index in [0.29, 0.717) is 22.6 Å². The summed E-state index contributed by atoms with van der Waals surface area (Å²) in [4.78, 5) is 64.1. The molecule has 0 amide bonds. The van der Waals surface area contributed by atoms with Gasteiger partial charge in [-0.2, -0.15) is 0 Å². The number of aliphatic hydroxyl groups excluding tert-OH is 1. The third-order valence-electron chi connectivity index (χ3n) is 6.32. The Balaban J connectivity index is 0.000000325. The summed E-state index contributed by atoms with van der Waals surface area (Å²) in [5, 5.41) is 8.95. The summed E-state index contributed by atoms with van der Waals surface area (Å²) in [6, 6.07) is 24.7. The second-order valence-corrected chi connectivity index (χ2v) is 12.8. The predicted molar refractivity (Wildman–Crippen MR) is 209 cm³/mol. The molecule has 0 aliphatic rings. The van der Waals surface area contributed by atoms with Crippen LogP contribution in [0.2, 0.25) is 0 Å². The fourth-order valence-corrected chi connectivity index (χ4v) is 4.72. The summed E-state index contributed by atoms with van der Waals surface area (Å²) in [7, 11) is 2.61. The number of rotatable bonds is 19. The number of ether oxygens (including phenoxy) is 4. The molecule has 4 rings (SSSR count). The van der Waals surface area contributed by atoms with Gasteiger partial charge in [-0.25, -0.2) is 28.6 Å². The molecule has 2 aromatic carbocycles. The highest BCUT2D eigenvalue weighted by Crippen LogP contribution is 2.21. The van der Waals surface area contributed by atoms with E-state index in [0.717, 1.165) is 24.5 Å². The van der Waals surface area contributed by atoms with E-state index >= 15 is 0 Å². The molecule has 2 aromatic heterocycles. The van der Waals surface area contributed by atoms with E-state index in [1.807, 2.05) is 24.3 Å². The van der Waals surface area contributed by atoms with Crippen LogP contribution in [0.4, 0.5) is 0 Å². The minimum absolute atomic E-state index is 0.0549. The maximum atomic E-state index is 12.3. The zero-order chi connectivity index (χ0) is 41.8. The van der Waals surface area contributed by atoms with E-state index in [2.05, 4.69) is 19.4 Å². The lowest BCUT2D eigenvalue weighted by atomic mass is 10.2. The van der Waals surface area contributed by atoms with Crippen LogP contribution in [0.5, 0.6) is 11.5 Å². The largest absolute Gasteiger partial charge is 0.468 e. The van der Waals surface area contributed by atoms with Gasteiger partial charge in [-0.15, -0.1) is 0 Å². The molecule has 17 nitrogen and oxygen atoms in total. The molecule has 0 unspecified atom stereocenters. The number of nitrogens with one attached hydrogen (secondary N) is 1. The Labute approximate surface area is 339 Å². The van der Waals surface area contributed by atoms with E-state index in [1.54, 1.807) is 88.4 Å². The number of hydrogen-bond acceptors (Lipinski definition) is 19. The third-order valence-corrected chi connectivity index (χ3v) is 7.32. The van der Waals surface area contributed by atoms with Gasteiger partial charge in [0.1, 0.15) is 37.5 Å². The maximum Gasteiger partial charge on any atom is 0.357 e. The molecule has 308 valence electrons. The van der Waals surface area contributed by atoms with Crippen LogP contribution in [0.1, 0.15) is 59.8 Å². The monoisotopic (exact) mass is 830 g/mol. The second-order valence-electron chi connectivity index (χ2n) is 11.4. The van der Waals surface area contributed by atoms with Crippen LogP contribution in [-0.2, 0) is 50.4 Å². The van der Waals surface area contributed by atoms with E-state index < -0.39 is 17.9 Å². The average Bonchev–Trinajstić information content (AvgIpc) is 3.21. The van der Waals surface area contributed by atoms with Gasteiger partial charge in [-0.3, -0.25) is 9.59 Å². The van der Waals surface area contributed by atoms with Crippen molar-refractivity contribution in [1.29, 1.82) is 0 Å². The van der Waals surface area contributed by atoms with Crippen molar-refractivity contribution in [3.05, 3.63) is 120 Å². The van der Waals surface area contributed by atoms with Crippen molar-refractivity contribution in [3.63, 3.8) is 0 Å². The van der Waals surface area contributed by atoms with Gasteiger partial charge in [0.25, 0.3) is 0 Å². The normalized spacial score (nSPS) is 10.4. The minimum Gasteiger partial charge on any atom is -0.468 e. The number of carbonyl (C=O) groups excluding carboxylic acids is 4. The number of nitrogens with zero attached hydrogens (tertiary/aromatic N) is 3. The lowest BCUT2D eigenvalue weighted by Crippen LogP contribution is -2.26. The van der Waals surface area contributed by atoms with Gasteiger partial charge in [0.05, 0.1) is 33.0 Å². The van der Waals surface area contributed by atoms with Crippen LogP contribution in [0.25, 0.3) is 0 Å². The lowest BCUT2D eigenvalue weighted by molar-refractivity contribution is -0.141. The van der Waals surface area contributed by atoms with Crippen LogP contribution < -0.4 is 14.5 Å². The van der Waals surface area contributed by atoms with Crippen LogP contribution >= 0.6 is 24.5 Å². The van der Waals surface area contributed by atoms with Crippen molar-refractivity contribution in [2.75, 3.05) is 27.3 Å². The number of aliphatic hydroxyl groups is 1. The van der Waals surface area contributed by atoms with Crippen molar-refractivity contribution < 1.29 is 61.7 Å². The molecular formula is C38H46N4O13S2. The van der Waals surface area contributed by atoms with Crippen molar-refractivity contribution in [1.82, 2.24) is 19.0 Å².